The average Bonchev–Trinajstić information content (AvgIpc) is 3.10. The second-order valence-corrected chi connectivity index (χ2v) is 9.05. The molecule has 0 radical (unpaired) electrons. The molecule has 1 aliphatic heterocycles. The molecule has 0 spiro atoms. The zero-order valence-corrected chi connectivity index (χ0v) is 16.4. The Balaban J connectivity index is 1.70. The Morgan fingerprint density at radius 3 is 2.71 bits per heavy atom. The van der Waals surface area contributed by atoms with E-state index in [0.29, 0.717) is 34.5 Å². The molecule has 2 heterocycles. The Kier molecular flexibility index (Phi) is 4.68. The lowest BCUT2D eigenvalue weighted by Crippen LogP contribution is -2.39. The van der Waals surface area contributed by atoms with Crippen LogP contribution in [0.2, 0.25) is 0 Å². The fourth-order valence-electron chi connectivity index (χ4n) is 3.94. The maximum atomic E-state index is 13.4. The van der Waals surface area contributed by atoms with Gasteiger partial charge in [0.15, 0.2) is 0 Å². The summed E-state index contributed by atoms with van der Waals surface area (Å²) in [5.41, 5.74) is 6.42. The summed E-state index contributed by atoms with van der Waals surface area (Å²) in [7, 11) is -1.95. The summed E-state index contributed by atoms with van der Waals surface area (Å²) >= 11 is 0. The van der Waals surface area contributed by atoms with Gasteiger partial charge in [0, 0.05) is 37.6 Å². The smallest absolute Gasteiger partial charge is 0.252 e. The average molecular weight is 398 g/mol. The van der Waals surface area contributed by atoms with E-state index in [0.717, 1.165) is 11.8 Å². The lowest BCUT2D eigenvalue weighted by molar-refractivity contribution is 0.0998. The Bertz CT molecular complexity index is 1150. The third kappa shape index (κ3) is 3.18. The number of rotatable bonds is 4. The predicted octanol–water partition coefficient (Wildman–Crippen LogP) is 2.24. The van der Waals surface area contributed by atoms with Gasteiger partial charge in [-0.05, 0) is 24.3 Å². The number of aromatic nitrogens is 2. The van der Waals surface area contributed by atoms with E-state index in [9.17, 15) is 13.2 Å². The SMILES string of the molecule is Cn1cc(C(N)=O)c(C2CCCN(S(=O)(=O)c3cccc4ccccc34)C2)n1. The molecule has 1 aromatic heterocycles. The third-order valence-electron chi connectivity index (χ3n) is 5.26. The van der Waals surface area contributed by atoms with Crippen molar-refractivity contribution in [1.29, 1.82) is 0 Å². The first-order valence-corrected chi connectivity index (χ1v) is 10.6. The van der Waals surface area contributed by atoms with Gasteiger partial charge in [0.1, 0.15) is 0 Å². The van der Waals surface area contributed by atoms with Gasteiger partial charge in [-0.25, -0.2) is 8.42 Å². The van der Waals surface area contributed by atoms with Crippen molar-refractivity contribution in [1.82, 2.24) is 14.1 Å². The van der Waals surface area contributed by atoms with Crippen LogP contribution in [0.25, 0.3) is 10.8 Å². The number of nitrogens with zero attached hydrogens (tertiary/aromatic N) is 3. The van der Waals surface area contributed by atoms with Gasteiger partial charge in [-0.1, -0.05) is 36.4 Å². The predicted molar refractivity (Wildman–Crippen MR) is 106 cm³/mol. The second kappa shape index (κ2) is 7.03. The van der Waals surface area contributed by atoms with Gasteiger partial charge in [-0.2, -0.15) is 9.40 Å². The van der Waals surface area contributed by atoms with E-state index < -0.39 is 15.9 Å². The van der Waals surface area contributed by atoms with E-state index in [1.54, 1.807) is 30.1 Å². The Morgan fingerprint density at radius 1 is 1.18 bits per heavy atom. The van der Waals surface area contributed by atoms with Crippen molar-refractivity contribution in [2.24, 2.45) is 12.8 Å². The summed E-state index contributed by atoms with van der Waals surface area (Å²) in [6.07, 6.45) is 3.05. The minimum Gasteiger partial charge on any atom is -0.365 e. The molecule has 2 N–H and O–H groups in total. The van der Waals surface area contributed by atoms with Gasteiger partial charge in [0.05, 0.1) is 16.2 Å². The highest BCUT2D eigenvalue weighted by Gasteiger charge is 2.34. The maximum absolute atomic E-state index is 13.4. The molecule has 146 valence electrons. The zero-order valence-electron chi connectivity index (χ0n) is 15.6. The van der Waals surface area contributed by atoms with Crippen molar-refractivity contribution in [3.8, 4) is 0 Å². The number of amides is 1. The molecule has 1 unspecified atom stereocenters. The van der Waals surface area contributed by atoms with Crippen molar-refractivity contribution >= 4 is 26.7 Å². The molecule has 4 rings (SSSR count). The molecule has 2 aromatic carbocycles. The van der Waals surface area contributed by atoms with Gasteiger partial charge in [-0.3, -0.25) is 9.48 Å². The van der Waals surface area contributed by atoms with Crippen LogP contribution in [0.5, 0.6) is 0 Å². The fraction of sp³-hybridized carbons (Fsp3) is 0.300. The quantitative estimate of drug-likeness (QED) is 0.729. The van der Waals surface area contributed by atoms with Gasteiger partial charge >= 0.3 is 0 Å². The van der Waals surface area contributed by atoms with E-state index in [1.807, 2.05) is 30.3 Å². The fourth-order valence-corrected chi connectivity index (χ4v) is 5.68. The lowest BCUT2D eigenvalue weighted by Gasteiger charge is -2.31. The van der Waals surface area contributed by atoms with Crippen LogP contribution < -0.4 is 5.73 Å². The summed E-state index contributed by atoms with van der Waals surface area (Å²) in [5.74, 6) is -0.709. The normalized spacial score (nSPS) is 18.4. The van der Waals surface area contributed by atoms with Gasteiger partial charge < -0.3 is 5.73 Å². The minimum atomic E-state index is -3.67. The van der Waals surface area contributed by atoms with Crippen LogP contribution in [0, 0.1) is 0 Å². The van der Waals surface area contributed by atoms with E-state index in [4.69, 9.17) is 5.73 Å². The molecule has 7 nitrogen and oxygen atoms in total. The first-order valence-electron chi connectivity index (χ1n) is 9.19. The molecule has 8 heteroatoms. The number of fused-ring (bicyclic) bond motifs is 1. The highest BCUT2D eigenvalue weighted by Crippen LogP contribution is 2.33. The monoisotopic (exact) mass is 398 g/mol. The summed E-state index contributed by atoms with van der Waals surface area (Å²) in [6, 6.07) is 12.8. The Labute approximate surface area is 163 Å². The molecule has 1 fully saturated rings. The summed E-state index contributed by atoms with van der Waals surface area (Å²) in [6.45, 7) is 0.726. The van der Waals surface area contributed by atoms with Crippen LogP contribution in [0.3, 0.4) is 0 Å². The molecular formula is C20H22N4O3S. The molecular weight excluding hydrogens is 376 g/mol. The number of hydrogen-bond acceptors (Lipinski definition) is 4. The molecule has 1 amide bonds. The van der Waals surface area contributed by atoms with Crippen molar-refractivity contribution in [3.63, 3.8) is 0 Å². The van der Waals surface area contributed by atoms with Crippen LogP contribution in [-0.4, -0.2) is 41.5 Å². The van der Waals surface area contributed by atoms with Crippen LogP contribution >= 0.6 is 0 Å². The van der Waals surface area contributed by atoms with Crippen LogP contribution in [0.1, 0.15) is 34.8 Å². The number of hydrogen-bond donors (Lipinski definition) is 1. The molecule has 0 aliphatic carbocycles. The number of sulfonamides is 1. The van der Waals surface area contributed by atoms with E-state index in [-0.39, 0.29) is 12.5 Å². The topological polar surface area (TPSA) is 98.3 Å². The molecule has 28 heavy (non-hydrogen) atoms. The number of piperidine rings is 1. The molecule has 3 aromatic rings. The van der Waals surface area contributed by atoms with Crippen LogP contribution in [-0.2, 0) is 17.1 Å². The summed E-state index contributed by atoms with van der Waals surface area (Å²) in [5, 5.41) is 5.99. The molecule has 1 saturated heterocycles. The van der Waals surface area contributed by atoms with Crippen molar-refractivity contribution in [2.75, 3.05) is 13.1 Å². The molecule has 1 atom stereocenters. The third-order valence-corrected chi connectivity index (χ3v) is 7.18. The van der Waals surface area contributed by atoms with E-state index >= 15 is 0 Å². The van der Waals surface area contributed by atoms with Gasteiger partial charge in [-0.15, -0.1) is 0 Å². The van der Waals surface area contributed by atoms with E-state index in [1.165, 1.54) is 4.31 Å². The highest BCUT2D eigenvalue weighted by molar-refractivity contribution is 7.89. The maximum Gasteiger partial charge on any atom is 0.252 e. The minimum absolute atomic E-state index is 0.165. The summed E-state index contributed by atoms with van der Waals surface area (Å²) in [4.78, 5) is 12.1. The number of primary amides is 1. The largest absolute Gasteiger partial charge is 0.365 e. The Hall–Kier alpha value is -2.71. The highest BCUT2D eigenvalue weighted by atomic mass is 32.2. The standard InChI is InChI=1S/C20H22N4O3S/c1-23-13-17(20(21)25)19(22-23)15-8-5-11-24(12-15)28(26,27)18-10-4-7-14-6-2-3-9-16(14)18/h2-4,6-7,9-10,13,15H,5,8,11-12H2,1H3,(H2,21,25). The zero-order chi connectivity index (χ0) is 19.9. The molecule has 1 aliphatic rings. The van der Waals surface area contributed by atoms with Gasteiger partial charge in [0.2, 0.25) is 10.0 Å². The molecule has 0 saturated carbocycles. The number of aryl methyl sites for hydroxylation is 1. The Morgan fingerprint density at radius 2 is 1.93 bits per heavy atom. The lowest BCUT2D eigenvalue weighted by atomic mass is 9.93. The first kappa shape index (κ1) is 18.6. The van der Waals surface area contributed by atoms with E-state index in [2.05, 4.69) is 5.10 Å². The number of carbonyl (C=O) groups is 1. The first-order chi connectivity index (χ1) is 13.4. The van der Waals surface area contributed by atoms with Gasteiger partial charge in [0.25, 0.3) is 5.91 Å². The number of nitrogens with two attached hydrogens (primary N) is 1. The molecule has 0 bridgehead atoms. The van der Waals surface area contributed by atoms with Crippen molar-refractivity contribution in [3.05, 3.63) is 59.9 Å². The number of benzene rings is 2. The van der Waals surface area contributed by atoms with Crippen LogP contribution in [0.15, 0.2) is 53.6 Å². The van der Waals surface area contributed by atoms with Crippen LogP contribution in [0.4, 0.5) is 0 Å². The number of carbonyl (C=O) groups excluding carboxylic acids is 1. The second-order valence-electron chi connectivity index (χ2n) is 7.15. The van der Waals surface area contributed by atoms with Crippen molar-refractivity contribution in [2.45, 2.75) is 23.7 Å². The summed E-state index contributed by atoms with van der Waals surface area (Å²) < 4.78 is 29.9. The van der Waals surface area contributed by atoms with Crippen molar-refractivity contribution < 1.29 is 13.2 Å².